The number of rotatable bonds is 4. The Morgan fingerprint density at radius 3 is 2.00 bits per heavy atom. The summed E-state index contributed by atoms with van der Waals surface area (Å²) in [5.74, 6) is -0.336. The van der Waals surface area contributed by atoms with Crippen molar-refractivity contribution in [2.75, 3.05) is 0 Å². The lowest BCUT2D eigenvalue weighted by molar-refractivity contribution is 0.0938. The van der Waals surface area contributed by atoms with Gasteiger partial charge in [0.05, 0.1) is 6.21 Å². The van der Waals surface area contributed by atoms with E-state index < -0.39 is 0 Å². The van der Waals surface area contributed by atoms with Gasteiger partial charge in [0.25, 0.3) is 0 Å². The second-order valence-electron chi connectivity index (χ2n) is 3.60. The van der Waals surface area contributed by atoms with Crippen LogP contribution in [-0.2, 0) is 0 Å². The third kappa shape index (κ3) is 2.59. The van der Waals surface area contributed by atoms with Gasteiger partial charge in [-0.15, -0.1) is 0 Å². The molecular formula is C12H13NO2. The second kappa shape index (κ2) is 4.64. The SMILES string of the molecule is CC(C)C(=O)c1ccc(C(=O)C=N)cc1. The summed E-state index contributed by atoms with van der Waals surface area (Å²) in [6, 6.07) is 6.39. The zero-order chi connectivity index (χ0) is 11.4. The van der Waals surface area contributed by atoms with Crippen molar-refractivity contribution in [1.82, 2.24) is 0 Å². The molecule has 0 heterocycles. The van der Waals surface area contributed by atoms with Crippen molar-refractivity contribution >= 4 is 17.8 Å². The number of Topliss-reactive ketones (excluding diaryl/α,β-unsaturated/α-hetero) is 2. The van der Waals surface area contributed by atoms with Gasteiger partial charge >= 0.3 is 0 Å². The van der Waals surface area contributed by atoms with Crippen LogP contribution < -0.4 is 0 Å². The van der Waals surface area contributed by atoms with Crippen LogP contribution in [0.25, 0.3) is 0 Å². The van der Waals surface area contributed by atoms with Gasteiger partial charge in [-0.25, -0.2) is 0 Å². The van der Waals surface area contributed by atoms with Gasteiger partial charge in [0.1, 0.15) is 0 Å². The molecule has 0 aromatic heterocycles. The maximum absolute atomic E-state index is 11.6. The molecule has 0 radical (unpaired) electrons. The summed E-state index contributed by atoms with van der Waals surface area (Å²) < 4.78 is 0. The Bertz CT molecular complexity index is 391. The van der Waals surface area contributed by atoms with E-state index in [-0.39, 0.29) is 17.5 Å². The fraction of sp³-hybridized carbons (Fsp3) is 0.250. The summed E-state index contributed by atoms with van der Waals surface area (Å²) in [5, 5.41) is 6.81. The Kier molecular flexibility index (Phi) is 3.50. The molecule has 3 nitrogen and oxygen atoms in total. The van der Waals surface area contributed by atoms with E-state index in [0.29, 0.717) is 11.1 Å². The smallest absolute Gasteiger partial charge is 0.203 e. The number of carbonyl (C=O) groups excluding carboxylic acids is 2. The highest BCUT2D eigenvalue weighted by Crippen LogP contribution is 2.10. The first kappa shape index (κ1) is 11.3. The molecule has 15 heavy (non-hydrogen) atoms. The van der Waals surface area contributed by atoms with Gasteiger partial charge in [0.15, 0.2) is 5.78 Å². The van der Waals surface area contributed by atoms with Crippen LogP contribution in [0.5, 0.6) is 0 Å². The topological polar surface area (TPSA) is 58.0 Å². The lowest BCUT2D eigenvalue weighted by atomic mass is 9.99. The van der Waals surface area contributed by atoms with Crippen molar-refractivity contribution in [1.29, 1.82) is 5.41 Å². The molecule has 0 saturated carbocycles. The Balaban J connectivity index is 2.95. The molecule has 3 heteroatoms. The van der Waals surface area contributed by atoms with Crippen LogP contribution in [0.1, 0.15) is 34.6 Å². The largest absolute Gasteiger partial charge is 0.305 e. The van der Waals surface area contributed by atoms with E-state index in [0.717, 1.165) is 6.21 Å². The fourth-order valence-corrected chi connectivity index (χ4v) is 1.22. The number of hydrogen-bond donors (Lipinski definition) is 1. The predicted octanol–water partition coefficient (Wildman–Crippen LogP) is 2.36. The van der Waals surface area contributed by atoms with Crippen LogP contribution in [0.15, 0.2) is 24.3 Å². The Hall–Kier alpha value is -1.77. The normalized spacial score (nSPS) is 10.1. The van der Waals surface area contributed by atoms with Crippen molar-refractivity contribution < 1.29 is 9.59 Å². The van der Waals surface area contributed by atoms with Gasteiger partial charge in [-0.2, -0.15) is 0 Å². The molecule has 0 saturated heterocycles. The average Bonchev–Trinajstić information content (AvgIpc) is 2.27. The first-order valence-corrected chi connectivity index (χ1v) is 4.75. The maximum Gasteiger partial charge on any atom is 0.203 e. The van der Waals surface area contributed by atoms with E-state index in [9.17, 15) is 9.59 Å². The van der Waals surface area contributed by atoms with Crippen molar-refractivity contribution in [3.63, 3.8) is 0 Å². The van der Waals surface area contributed by atoms with Crippen LogP contribution in [0.3, 0.4) is 0 Å². The number of hydrogen-bond acceptors (Lipinski definition) is 3. The monoisotopic (exact) mass is 203 g/mol. The fourth-order valence-electron chi connectivity index (χ4n) is 1.22. The quantitative estimate of drug-likeness (QED) is 0.603. The molecule has 1 aromatic rings. The molecule has 0 aliphatic heterocycles. The van der Waals surface area contributed by atoms with Crippen molar-refractivity contribution in [2.45, 2.75) is 13.8 Å². The molecule has 0 atom stereocenters. The van der Waals surface area contributed by atoms with Gasteiger partial charge < -0.3 is 5.41 Å². The minimum absolute atomic E-state index is 0.0470. The molecule has 0 bridgehead atoms. The van der Waals surface area contributed by atoms with Crippen LogP contribution in [-0.4, -0.2) is 17.8 Å². The van der Waals surface area contributed by atoms with Gasteiger partial charge in [-0.1, -0.05) is 38.1 Å². The number of ketones is 2. The minimum Gasteiger partial charge on any atom is -0.305 e. The zero-order valence-corrected chi connectivity index (χ0v) is 8.78. The number of nitrogens with one attached hydrogen (secondary N) is 1. The van der Waals surface area contributed by atoms with Crippen LogP contribution >= 0.6 is 0 Å². The molecule has 0 unspecified atom stereocenters. The van der Waals surface area contributed by atoms with Gasteiger partial charge in [-0.3, -0.25) is 9.59 Å². The molecule has 78 valence electrons. The molecular weight excluding hydrogens is 190 g/mol. The van der Waals surface area contributed by atoms with E-state index in [1.165, 1.54) is 0 Å². The molecule has 1 rings (SSSR count). The molecule has 0 fully saturated rings. The first-order valence-electron chi connectivity index (χ1n) is 4.75. The number of carbonyl (C=O) groups is 2. The van der Waals surface area contributed by atoms with Crippen molar-refractivity contribution in [2.24, 2.45) is 5.92 Å². The minimum atomic E-state index is -0.349. The summed E-state index contributed by atoms with van der Waals surface area (Å²) in [6.45, 7) is 3.66. The standard InChI is InChI=1S/C12H13NO2/c1-8(2)12(15)10-5-3-9(4-6-10)11(14)7-13/h3-8,13H,1-2H3. The summed E-state index contributed by atoms with van der Waals surface area (Å²) in [6.07, 6.45) is 0.763. The lowest BCUT2D eigenvalue weighted by Gasteiger charge is -2.04. The molecule has 1 aromatic carbocycles. The maximum atomic E-state index is 11.6. The van der Waals surface area contributed by atoms with Gasteiger partial charge in [-0.05, 0) is 0 Å². The second-order valence-corrected chi connectivity index (χ2v) is 3.60. The van der Waals surface area contributed by atoms with E-state index in [2.05, 4.69) is 0 Å². The van der Waals surface area contributed by atoms with Crippen LogP contribution in [0.2, 0.25) is 0 Å². The number of benzene rings is 1. The first-order chi connectivity index (χ1) is 7.06. The van der Waals surface area contributed by atoms with Gasteiger partial charge in [0, 0.05) is 17.0 Å². The third-order valence-electron chi connectivity index (χ3n) is 2.11. The Morgan fingerprint density at radius 1 is 1.13 bits per heavy atom. The summed E-state index contributed by atoms with van der Waals surface area (Å²) >= 11 is 0. The Labute approximate surface area is 88.6 Å². The van der Waals surface area contributed by atoms with E-state index in [1.54, 1.807) is 24.3 Å². The van der Waals surface area contributed by atoms with Gasteiger partial charge in [0.2, 0.25) is 5.78 Å². The highest BCUT2D eigenvalue weighted by atomic mass is 16.1. The molecule has 0 amide bonds. The van der Waals surface area contributed by atoms with Crippen molar-refractivity contribution in [3.05, 3.63) is 35.4 Å². The zero-order valence-electron chi connectivity index (χ0n) is 8.78. The third-order valence-corrected chi connectivity index (χ3v) is 2.11. The van der Waals surface area contributed by atoms with E-state index >= 15 is 0 Å². The molecule has 0 spiro atoms. The highest BCUT2D eigenvalue weighted by Gasteiger charge is 2.10. The molecule has 0 aliphatic carbocycles. The molecule has 1 N–H and O–H groups in total. The summed E-state index contributed by atoms with van der Waals surface area (Å²) in [5.41, 5.74) is 1.04. The summed E-state index contributed by atoms with van der Waals surface area (Å²) in [4.78, 5) is 22.7. The van der Waals surface area contributed by atoms with E-state index in [4.69, 9.17) is 5.41 Å². The predicted molar refractivity (Wildman–Crippen MR) is 58.7 cm³/mol. The average molecular weight is 203 g/mol. The van der Waals surface area contributed by atoms with E-state index in [1.807, 2.05) is 13.8 Å². The van der Waals surface area contributed by atoms with Crippen LogP contribution in [0.4, 0.5) is 0 Å². The summed E-state index contributed by atoms with van der Waals surface area (Å²) in [7, 11) is 0. The Morgan fingerprint density at radius 2 is 1.60 bits per heavy atom. The van der Waals surface area contributed by atoms with Crippen molar-refractivity contribution in [3.8, 4) is 0 Å². The molecule has 0 aliphatic rings. The highest BCUT2D eigenvalue weighted by molar-refractivity contribution is 6.34. The van der Waals surface area contributed by atoms with Crippen LogP contribution in [0, 0.1) is 11.3 Å². The lowest BCUT2D eigenvalue weighted by Crippen LogP contribution is -2.08.